The van der Waals surface area contributed by atoms with E-state index in [1.54, 1.807) is 6.92 Å². The summed E-state index contributed by atoms with van der Waals surface area (Å²) in [6.07, 6.45) is 0.623. The summed E-state index contributed by atoms with van der Waals surface area (Å²) in [5, 5.41) is 0. The first-order valence-electron chi connectivity index (χ1n) is 4.02. The van der Waals surface area contributed by atoms with Crippen LogP contribution in [0, 0.1) is 3.57 Å². The summed E-state index contributed by atoms with van der Waals surface area (Å²) in [6.45, 7) is 1.71. The number of benzene rings is 1. The molecular weight excluding hydrogens is 315 g/mol. The summed E-state index contributed by atoms with van der Waals surface area (Å²) < 4.78 is 27.7. The van der Waals surface area contributed by atoms with Crippen LogP contribution in [0.3, 0.4) is 0 Å². The summed E-state index contributed by atoms with van der Waals surface area (Å²) in [7, 11) is -3.38. The van der Waals surface area contributed by atoms with Crippen LogP contribution in [0.5, 0.6) is 0 Å². The van der Waals surface area contributed by atoms with E-state index in [9.17, 15) is 8.42 Å². The largest absolute Gasteiger partial charge is 0.264 e. The normalized spacial score (nSPS) is 13.9. The van der Waals surface area contributed by atoms with Gasteiger partial charge in [-0.15, -0.1) is 0 Å². The Morgan fingerprint density at radius 3 is 2.21 bits per heavy atom. The van der Waals surface area contributed by atoms with E-state index in [4.69, 9.17) is 4.18 Å². The van der Waals surface area contributed by atoms with E-state index < -0.39 is 16.2 Å². The van der Waals surface area contributed by atoms with Crippen molar-refractivity contribution in [1.82, 2.24) is 0 Å². The summed E-state index contributed by atoms with van der Waals surface area (Å²) >= 11 is 2.19. The molecule has 0 aliphatic heterocycles. The van der Waals surface area contributed by atoms with Gasteiger partial charge in [-0.05, 0) is 47.2 Å². The van der Waals surface area contributed by atoms with Gasteiger partial charge in [-0.25, -0.2) is 0 Å². The van der Waals surface area contributed by atoms with Gasteiger partial charge in [0, 0.05) is 3.57 Å². The lowest BCUT2D eigenvalue weighted by atomic mass is 10.1. The quantitative estimate of drug-likeness (QED) is 0.632. The Morgan fingerprint density at radius 1 is 1.29 bits per heavy atom. The molecule has 0 saturated carbocycles. The van der Waals surface area contributed by atoms with Gasteiger partial charge >= 0.3 is 0 Å². The topological polar surface area (TPSA) is 43.4 Å². The molecule has 3 nitrogen and oxygen atoms in total. The Hall–Kier alpha value is -0.140. The first-order valence-corrected chi connectivity index (χ1v) is 6.92. The fraction of sp³-hybridized carbons (Fsp3) is 0.333. The Balaban J connectivity index is 2.80. The second-order valence-electron chi connectivity index (χ2n) is 2.99. The van der Waals surface area contributed by atoms with Crippen LogP contribution in [-0.2, 0) is 14.3 Å². The van der Waals surface area contributed by atoms with Crippen LogP contribution >= 0.6 is 22.6 Å². The zero-order valence-corrected chi connectivity index (χ0v) is 10.9. The molecule has 0 saturated heterocycles. The highest BCUT2D eigenvalue weighted by Crippen LogP contribution is 2.19. The summed E-state index contributed by atoms with van der Waals surface area (Å²) in [5.74, 6) is 0. The Kier molecular flexibility index (Phi) is 3.91. The highest BCUT2D eigenvalue weighted by Gasteiger charge is 2.11. The summed E-state index contributed by atoms with van der Waals surface area (Å²) in [5.41, 5.74) is 0.857. The number of rotatable bonds is 3. The van der Waals surface area contributed by atoms with Crippen molar-refractivity contribution in [2.24, 2.45) is 0 Å². The van der Waals surface area contributed by atoms with Crippen molar-refractivity contribution in [3.05, 3.63) is 33.4 Å². The van der Waals surface area contributed by atoms with Gasteiger partial charge in [0.05, 0.1) is 12.4 Å². The standard InChI is InChI=1S/C9H11IO3S/c1-7(13-14(2,11)12)8-3-5-9(10)6-4-8/h3-7H,1-2H3. The molecule has 0 aliphatic carbocycles. The Labute approximate surface area is 97.7 Å². The number of hydrogen-bond acceptors (Lipinski definition) is 3. The first-order chi connectivity index (χ1) is 6.38. The molecule has 0 N–H and O–H groups in total. The second kappa shape index (κ2) is 4.59. The van der Waals surface area contributed by atoms with Crippen LogP contribution in [0.4, 0.5) is 0 Å². The minimum absolute atomic E-state index is 0.429. The minimum Gasteiger partial charge on any atom is -0.262 e. The molecule has 1 rings (SSSR count). The predicted octanol–water partition coefficient (Wildman–Crippen LogP) is 2.33. The van der Waals surface area contributed by atoms with Crippen LogP contribution in [0.1, 0.15) is 18.6 Å². The molecule has 1 unspecified atom stereocenters. The summed E-state index contributed by atoms with van der Waals surface area (Å²) in [6, 6.07) is 7.55. The maximum absolute atomic E-state index is 10.9. The molecule has 0 fully saturated rings. The molecule has 78 valence electrons. The lowest BCUT2D eigenvalue weighted by molar-refractivity contribution is 0.236. The summed E-state index contributed by atoms with van der Waals surface area (Å²) in [4.78, 5) is 0. The predicted molar refractivity (Wildman–Crippen MR) is 63.5 cm³/mol. The fourth-order valence-electron chi connectivity index (χ4n) is 1.05. The first kappa shape index (κ1) is 11.9. The van der Waals surface area contributed by atoms with E-state index >= 15 is 0 Å². The second-order valence-corrected chi connectivity index (χ2v) is 5.84. The van der Waals surface area contributed by atoms with Crippen LogP contribution in [-0.4, -0.2) is 14.7 Å². The molecule has 1 atom stereocenters. The van der Waals surface area contributed by atoms with E-state index in [1.165, 1.54) is 0 Å². The van der Waals surface area contributed by atoms with Crippen LogP contribution in [0.25, 0.3) is 0 Å². The van der Waals surface area contributed by atoms with Gasteiger partial charge in [0.15, 0.2) is 0 Å². The van der Waals surface area contributed by atoms with Gasteiger partial charge in [0.25, 0.3) is 10.1 Å². The molecule has 0 radical (unpaired) electrons. The molecule has 0 aromatic heterocycles. The van der Waals surface area contributed by atoms with Crippen LogP contribution in [0.15, 0.2) is 24.3 Å². The van der Waals surface area contributed by atoms with Crippen molar-refractivity contribution in [1.29, 1.82) is 0 Å². The van der Waals surface area contributed by atoms with E-state index in [1.807, 2.05) is 24.3 Å². The lowest BCUT2D eigenvalue weighted by Crippen LogP contribution is -2.07. The highest BCUT2D eigenvalue weighted by molar-refractivity contribution is 14.1. The molecular formula is C9H11IO3S. The molecule has 0 heterocycles. The van der Waals surface area contributed by atoms with E-state index in [2.05, 4.69) is 22.6 Å². The third-order valence-electron chi connectivity index (χ3n) is 1.66. The Bertz CT molecular complexity index is 397. The lowest BCUT2D eigenvalue weighted by Gasteiger charge is -2.10. The maximum atomic E-state index is 10.9. The van der Waals surface area contributed by atoms with Crippen molar-refractivity contribution in [3.63, 3.8) is 0 Å². The molecule has 14 heavy (non-hydrogen) atoms. The smallest absolute Gasteiger partial charge is 0.262 e. The van der Waals surface area contributed by atoms with Gasteiger partial charge in [-0.3, -0.25) is 4.18 Å². The third-order valence-corrected chi connectivity index (χ3v) is 3.02. The van der Waals surface area contributed by atoms with E-state index in [-0.39, 0.29) is 0 Å². The highest BCUT2D eigenvalue weighted by atomic mass is 127. The zero-order valence-electron chi connectivity index (χ0n) is 7.90. The zero-order chi connectivity index (χ0) is 10.8. The van der Waals surface area contributed by atoms with Gasteiger partial charge in [0.2, 0.25) is 0 Å². The SMILES string of the molecule is CC(OS(C)(=O)=O)c1ccc(I)cc1. The van der Waals surface area contributed by atoms with Crippen LogP contribution < -0.4 is 0 Å². The monoisotopic (exact) mass is 326 g/mol. The molecule has 0 bridgehead atoms. The van der Waals surface area contributed by atoms with Gasteiger partial charge < -0.3 is 0 Å². The molecule has 5 heteroatoms. The molecule has 1 aromatic carbocycles. The van der Waals surface area contributed by atoms with E-state index in [0.29, 0.717) is 0 Å². The van der Waals surface area contributed by atoms with Crippen molar-refractivity contribution >= 4 is 32.7 Å². The van der Waals surface area contributed by atoms with Crippen molar-refractivity contribution < 1.29 is 12.6 Å². The van der Waals surface area contributed by atoms with Crippen molar-refractivity contribution in [3.8, 4) is 0 Å². The van der Waals surface area contributed by atoms with Crippen LogP contribution in [0.2, 0.25) is 0 Å². The Morgan fingerprint density at radius 2 is 1.79 bits per heavy atom. The molecule has 1 aromatic rings. The van der Waals surface area contributed by atoms with Gasteiger partial charge in [-0.2, -0.15) is 8.42 Å². The van der Waals surface area contributed by atoms with Crippen molar-refractivity contribution in [2.75, 3.05) is 6.26 Å². The fourth-order valence-corrected chi connectivity index (χ4v) is 2.05. The molecule has 0 spiro atoms. The van der Waals surface area contributed by atoms with Gasteiger partial charge in [0.1, 0.15) is 0 Å². The minimum atomic E-state index is -3.38. The third kappa shape index (κ3) is 3.93. The molecule has 0 amide bonds. The molecule has 0 aliphatic rings. The van der Waals surface area contributed by atoms with E-state index in [0.717, 1.165) is 15.4 Å². The number of halogens is 1. The number of hydrogen-bond donors (Lipinski definition) is 0. The average Bonchev–Trinajstić information content (AvgIpc) is 2.02. The average molecular weight is 326 g/mol. The maximum Gasteiger partial charge on any atom is 0.264 e. The van der Waals surface area contributed by atoms with Gasteiger partial charge in [-0.1, -0.05) is 12.1 Å². The van der Waals surface area contributed by atoms with Crippen molar-refractivity contribution in [2.45, 2.75) is 13.0 Å².